The predicted octanol–water partition coefficient (Wildman–Crippen LogP) is 3.73. The van der Waals surface area contributed by atoms with Crippen LogP contribution in [0.1, 0.15) is 5.56 Å². The van der Waals surface area contributed by atoms with E-state index in [1.807, 2.05) is 24.4 Å². The molecule has 0 aliphatic rings. The minimum atomic E-state index is 0.731. The predicted molar refractivity (Wildman–Crippen MR) is 86.1 cm³/mol. The van der Waals surface area contributed by atoms with Gasteiger partial charge in [-0.25, -0.2) is 4.98 Å². The van der Waals surface area contributed by atoms with Gasteiger partial charge in [0.15, 0.2) is 0 Å². The lowest BCUT2D eigenvalue weighted by atomic mass is 10.2. The van der Waals surface area contributed by atoms with Crippen LogP contribution in [-0.4, -0.2) is 25.2 Å². The number of benzene rings is 1. The molecule has 0 fully saturated rings. The number of hydrogen-bond acceptors (Lipinski definition) is 4. The maximum atomic E-state index is 5.01. The fourth-order valence-electron chi connectivity index (χ4n) is 1.66. The third-order valence-electron chi connectivity index (χ3n) is 2.66. The van der Waals surface area contributed by atoms with Crippen LogP contribution in [0.25, 0.3) is 0 Å². The van der Waals surface area contributed by atoms with Gasteiger partial charge in [-0.15, -0.1) is 0 Å². The Morgan fingerprint density at radius 3 is 2.90 bits per heavy atom. The van der Waals surface area contributed by atoms with Gasteiger partial charge in [-0.1, -0.05) is 23.9 Å². The summed E-state index contributed by atoms with van der Waals surface area (Å²) in [6.45, 7) is 2.43. The molecule has 0 saturated heterocycles. The van der Waals surface area contributed by atoms with Crippen LogP contribution in [0.5, 0.6) is 0 Å². The van der Waals surface area contributed by atoms with Gasteiger partial charge in [0.05, 0.1) is 6.61 Å². The molecule has 1 N–H and O–H groups in total. The topological polar surface area (TPSA) is 34.1 Å². The molecule has 1 aromatic carbocycles. The molecule has 1 heterocycles. The highest BCUT2D eigenvalue weighted by molar-refractivity contribution is 9.10. The van der Waals surface area contributed by atoms with E-state index in [4.69, 9.17) is 4.74 Å². The zero-order chi connectivity index (χ0) is 14.2. The van der Waals surface area contributed by atoms with E-state index in [9.17, 15) is 0 Å². The monoisotopic (exact) mass is 352 g/mol. The number of methoxy groups -OCH3 is 1. The first-order valence-electron chi connectivity index (χ1n) is 6.36. The second kappa shape index (κ2) is 8.42. The Morgan fingerprint density at radius 2 is 2.20 bits per heavy atom. The average Bonchev–Trinajstić information content (AvgIpc) is 2.47. The summed E-state index contributed by atoms with van der Waals surface area (Å²) in [5.41, 5.74) is 1.25. The van der Waals surface area contributed by atoms with Crippen LogP contribution in [0.15, 0.2) is 57.0 Å². The molecule has 0 aliphatic heterocycles. The number of halogens is 1. The van der Waals surface area contributed by atoms with E-state index in [0.717, 1.165) is 29.2 Å². The van der Waals surface area contributed by atoms with Crippen molar-refractivity contribution >= 4 is 27.7 Å². The number of rotatable bonds is 7. The highest BCUT2D eigenvalue weighted by Gasteiger charge is 2.04. The van der Waals surface area contributed by atoms with Gasteiger partial charge >= 0.3 is 0 Å². The smallest absolute Gasteiger partial charge is 0.101 e. The number of hydrogen-bond donors (Lipinski definition) is 1. The van der Waals surface area contributed by atoms with Gasteiger partial charge in [0.25, 0.3) is 0 Å². The number of pyridine rings is 1. The van der Waals surface area contributed by atoms with Crippen molar-refractivity contribution in [3.63, 3.8) is 0 Å². The maximum Gasteiger partial charge on any atom is 0.101 e. The normalized spacial score (nSPS) is 10.7. The van der Waals surface area contributed by atoms with Crippen LogP contribution in [0.2, 0.25) is 0 Å². The Morgan fingerprint density at radius 1 is 1.30 bits per heavy atom. The first-order valence-corrected chi connectivity index (χ1v) is 7.97. The highest BCUT2D eigenvalue weighted by Crippen LogP contribution is 2.32. The van der Waals surface area contributed by atoms with Crippen molar-refractivity contribution < 1.29 is 4.74 Å². The summed E-state index contributed by atoms with van der Waals surface area (Å²) >= 11 is 5.28. The molecule has 5 heteroatoms. The van der Waals surface area contributed by atoms with Gasteiger partial charge in [0.1, 0.15) is 5.03 Å². The van der Waals surface area contributed by atoms with Gasteiger partial charge in [-0.3, -0.25) is 0 Å². The Hall–Kier alpha value is -0.880. The molecular weight excluding hydrogens is 336 g/mol. The lowest BCUT2D eigenvalue weighted by molar-refractivity contribution is 0.199. The zero-order valence-electron chi connectivity index (χ0n) is 11.3. The molecule has 0 bridgehead atoms. The quantitative estimate of drug-likeness (QED) is 0.769. The number of aromatic nitrogens is 1. The van der Waals surface area contributed by atoms with Crippen molar-refractivity contribution in [3.8, 4) is 0 Å². The maximum absolute atomic E-state index is 5.01. The number of nitrogens with one attached hydrogen (secondary N) is 1. The lowest BCUT2D eigenvalue weighted by Crippen LogP contribution is -2.18. The number of ether oxygens (including phenoxy) is 1. The minimum Gasteiger partial charge on any atom is -0.383 e. The summed E-state index contributed by atoms with van der Waals surface area (Å²) in [6.07, 6.45) is 1.81. The molecule has 0 spiro atoms. The molecule has 2 aromatic rings. The third kappa shape index (κ3) is 4.90. The largest absolute Gasteiger partial charge is 0.383 e. The molecular formula is C15H17BrN2OS. The molecule has 0 radical (unpaired) electrons. The second-order valence-electron chi connectivity index (χ2n) is 4.20. The van der Waals surface area contributed by atoms with Crippen LogP contribution in [0, 0.1) is 0 Å². The standard InChI is InChI=1S/C15H17BrN2OS/c1-19-9-8-17-11-12-5-6-14(13(16)10-12)20-15-4-2-3-7-18-15/h2-7,10,17H,8-9,11H2,1H3. The summed E-state index contributed by atoms with van der Waals surface area (Å²) in [5.74, 6) is 0. The summed E-state index contributed by atoms with van der Waals surface area (Å²) in [6, 6.07) is 12.3. The van der Waals surface area contributed by atoms with E-state index in [2.05, 4.69) is 44.4 Å². The van der Waals surface area contributed by atoms with E-state index >= 15 is 0 Å². The molecule has 1 aromatic heterocycles. The minimum absolute atomic E-state index is 0.731. The highest BCUT2D eigenvalue weighted by atomic mass is 79.9. The van der Waals surface area contributed by atoms with Crippen molar-refractivity contribution in [2.75, 3.05) is 20.3 Å². The fourth-order valence-corrected chi connectivity index (χ4v) is 3.11. The summed E-state index contributed by atoms with van der Waals surface area (Å²) in [7, 11) is 1.71. The van der Waals surface area contributed by atoms with Crippen molar-refractivity contribution in [2.45, 2.75) is 16.5 Å². The van der Waals surface area contributed by atoms with Crippen molar-refractivity contribution in [1.82, 2.24) is 10.3 Å². The van der Waals surface area contributed by atoms with Gasteiger partial charge < -0.3 is 10.1 Å². The molecule has 0 saturated carbocycles. The zero-order valence-corrected chi connectivity index (χ0v) is 13.7. The first-order chi connectivity index (χ1) is 9.79. The third-order valence-corrected chi connectivity index (χ3v) is 4.61. The molecule has 0 unspecified atom stereocenters. The Balaban J connectivity index is 1.95. The van der Waals surface area contributed by atoms with Crippen LogP contribution < -0.4 is 5.32 Å². The summed E-state index contributed by atoms with van der Waals surface area (Å²) in [4.78, 5) is 5.49. The van der Waals surface area contributed by atoms with E-state index in [-0.39, 0.29) is 0 Å². The van der Waals surface area contributed by atoms with E-state index < -0.39 is 0 Å². The van der Waals surface area contributed by atoms with Gasteiger partial charge in [-0.05, 0) is 45.8 Å². The Bertz CT molecular complexity index is 537. The second-order valence-corrected chi connectivity index (χ2v) is 6.12. The first kappa shape index (κ1) is 15.5. The molecule has 106 valence electrons. The molecule has 2 rings (SSSR count). The Labute approximate surface area is 132 Å². The van der Waals surface area contributed by atoms with Crippen LogP contribution in [0.3, 0.4) is 0 Å². The molecule has 20 heavy (non-hydrogen) atoms. The van der Waals surface area contributed by atoms with Crippen molar-refractivity contribution in [2.24, 2.45) is 0 Å². The number of nitrogens with zero attached hydrogens (tertiary/aromatic N) is 1. The molecule has 3 nitrogen and oxygen atoms in total. The fraction of sp³-hybridized carbons (Fsp3) is 0.267. The molecule has 0 atom stereocenters. The Kier molecular flexibility index (Phi) is 6.53. The van der Waals surface area contributed by atoms with Crippen LogP contribution in [0.4, 0.5) is 0 Å². The lowest BCUT2D eigenvalue weighted by Gasteiger charge is -2.08. The molecule has 0 aliphatic carbocycles. The summed E-state index contributed by atoms with van der Waals surface area (Å²) in [5, 5.41) is 4.33. The van der Waals surface area contributed by atoms with E-state index in [1.54, 1.807) is 18.9 Å². The van der Waals surface area contributed by atoms with E-state index in [0.29, 0.717) is 0 Å². The van der Waals surface area contributed by atoms with Crippen LogP contribution in [-0.2, 0) is 11.3 Å². The van der Waals surface area contributed by atoms with Gasteiger partial charge in [-0.2, -0.15) is 0 Å². The summed E-state index contributed by atoms with van der Waals surface area (Å²) < 4.78 is 6.10. The SMILES string of the molecule is COCCNCc1ccc(Sc2ccccn2)c(Br)c1. The van der Waals surface area contributed by atoms with Crippen molar-refractivity contribution in [3.05, 3.63) is 52.6 Å². The van der Waals surface area contributed by atoms with Gasteiger partial charge in [0.2, 0.25) is 0 Å². The van der Waals surface area contributed by atoms with Gasteiger partial charge in [0, 0.05) is 35.8 Å². The van der Waals surface area contributed by atoms with E-state index in [1.165, 1.54) is 10.5 Å². The van der Waals surface area contributed by atoms with Crippen molar-refractivity contribution in [1.29, 1.82) is 0 Å². The average molecular weight is 353 g/mol. The molecule has 0 amide bonds. The van der Waals surface area contributed by atoms with Crippen LogP contribution >= 0.6 is 27.7 Å².